The van der Waals surface area contributed by atoms with Gasteiger partial charge in [-0.3, -0.25) is 0 Å². The molecule has 0 unspecified atom stereocenters. The zero-order valence-electron chi connectivity index (χ0n) is 7.53. The van der Waals surface area contributed by atoms with Gasteiger partial charge in [-0.1, -0.05) is 12.1 Å². The van der Waals surface area contributed by atoms with Gasteiger partial charge in [-0.25, -0.2) is 0 Å². The van der Waals surface area contributed by atoms with Crippen molar-refractivity contribution in [2.24, 2.45) is 0 Å². The van der Waals surface area contributed by atoms with Crippen molar-refractivity contribution in [3.63, 3.8) is 0 Å². The van der Waals surface area contributed by atoms with Crippen molar-refractivity contribution in [1.29, 1.82) is 0 Å². The molecule has 0 aromatic heterocycles. The molecule has 1 aliphatic heterocycles. The van der Waals surface area contributed by atoms with Crippen LogP contribution >= 0.6 is 0 Å². The van der Waals surface area contributed by atoms with E-state index in [4.69, 9.17) is 14.2 Å². The van der Waals surface area contributed by atoms with Crippen molar-refractivity contribution in [3.05, 3.63) is 24.3 Å². The van der Waals surface area contributed by atoms with Gasteiger partial charge in [0.1, 0.15) is 12.7 Å². The van der Waals surface area contributed by atoms with Gasteiger partial charge in [0.25, 0.3) is 0 Å². The molecule has 0 aliphatic carbocycles. The molecule has 1 aliphatic rings. The third-order valence-corrected chi connectivity index (χ3v) is 1.90. The molecule has 2 rings (SSSR count). The molecule has 1 fully saturated rings. The fourth-order valence-corrected chi connectivity index (χ4v) is 1.09. The highest BCUT2D eigenvalue weighted by Crippen LogP contribution is 2.26. The molecule has 0 bridgehead atoms. The van der Waals surface area contributed by atoms with Gasteiger partial charge in [-0.05, 0) is 12.1 Å². The smallest absolute Gasteiger partial charge is 0.161 e. The molecule has 70 valence electrons. The van der Waals surface area contributed by atoms with E-state index < -0.39 is 0 Å². The minimum absolute atomic E-state index is 0.282. The maximum Gasteiger partial charge on any atom is 0.161 e. The molecule has 0 saturated carbocycles. The van der Waals surface area contributed by atoms with E-state index in [1.54, 1.807) is 7.11 Å². The monoisotopic (exact) mass is 180 g/mol. The Bertz CT molecular complexity index is 281. The molecule has 0 N–H and O–H groups in total. The van der Waals surface area contributed by atoms with Gasteiger partial charge in [0.15, 0.2) is 11.5 Å². The number of para-hydroxylation sites is 2. The maximum atomic E-state index is 5.50. The summed E-state index contributed by atoms with van der Waals surface area (Å²) in [7, 11) is 1.63. The quantitative estimate of drug-likeness (QED) is 0.657. The van der Waals surface area contributed by atoms with Crippen LogP contribution in [-0.2, 0) is 4.74 Å². The van der Waals surface area contributed by atoms with Gasteiger partial charge >= 0.3 is 0 Å². The van der Waals surface area contributed by atoms with Crippen molar-refractivity contribution in [3.8, 4) is 11.5 Å². The van der Waals surface area contributed by atoms with Crippen LogP contribution in [0.4, 0.5) is 0 Å². The highest BCUT2D eigenvalue weighted by Gasteiger charge is 2.23. The lowest BCUT2D eigenvalue weighted by molar-refractivity contribution is 0.252. The molecular weight excluding hydrogens is 168 g/mol. The Balaban J connectivity index is 1.99. The van der Waals surface area contributed by atoms with Crippen LogP contribution in [0.25, 0.3) is 0 Å². The van der Waals surface area contributed by atoms with Gasteiger partial charge in [0, 0.05) is 0 Å². The number of rotatable bonds is 4. The normalized spacial score (nSPS) is 19.6. The van der Waals surface area contributed by atoms with Crippen LogP contribution in [-0.4, -0.2) is 26.4 Å². The summed E-state index contributed by atoms with van der Waals surface area (Å²) < 4.78 is 15.7. The number of hydrogen-bond donors (Lipinski definition) is 0. The van der Waals surface area contributed by atoms with Crippen LogP contribution in [0, 0.1) is 0 Å². The fourth-order valence-electron chi connectivity index (χ4n) is 1.09. The molecule has 3 nitrogen and oxygen atoms in total. The maximum absolute atomic E-state index is 5.50. The SMILES string of the molecule is COc1ccccc1OC[C@H]1CO1. The Morgan fingerprint density at radius 3 is 2.69 bits per heavy atom. The van der Waals surface area contributed by atoms with Crippen LogP contribution in [0.5, 0.6) is 11.5 Å². The number of hydrogen-bond acceptors (Lipinski definition) is 3. The standard InChI is InChI=1S/C10H12O3/c1-11-9-4-2-3-5-10(9)13-7-8-6-12-8/h2-5,8H,6-7H2,1H3/t8-/m1/s1. The molecule has 1 saturated heterocycles. The van der Waals surface area contributed by atoms with E-state index in [1.165, 1.54) is 0 Å². The second kappa shape index (κ2) is 3.66. The van der Waals surface area contributed by atoms with Crippen LogP contribution < -0.4 is 9.47 Å². The molecule has 1 aromatic carbocycles. The Morgan fingerprint density at radius 2 is 2.08 bits per heavy atom. The molecular formula is C10H12O3. The zero-order chi connectivity index (χ0) is 9.10. The van der Waals surface area contributed by atoms with Crippen LogP contribution in [0.15, 0.2) is 24.3 Å². The molecule has 0 amide bonds. The summed E-state index contributed by atoms with van der Waals surface area (Å²) in [6.07, 6.45) is 0.282. The van der Waals surface area contributed by atoms with Gasteiger partial charge in [-0.15, -0.1) is 0 Å². The van der Waals surface area contributed by atoms with Crippen LogP contribution in [0.2, 0.25) is 0 Å². The fraction of sp³-hybridized carbons (Fsp3) is 0.400. The van der Waals surface area contributed by atoms with E-state index in [9.17, 15) is 0 Å². The van der Waals surface area contributed by atoms with Crippen molar-refractivity contribution in [2.45, 2.75) is 6.10 Å². The first-order valence-corrected chi connectivity index (χ1v) is 4.27. The lowest BCUT2D eigenvalue weighted by atomic mass is 10.3. The average molecular weight is 180 g/mol. The molecule has 1 aromatic rings. The summed E-state index contributed by atoms with van der Waals surface area (Å²) in [4.78, 5) is 0. The number of epoxide rings is 1. The van der Waals surface area contributed by atoms with Crippen molar-refractivity contribution >= 4 is 0 Å². The molecule has 1 atom stereocenters. The third-order valence-electron chi connectivity index (χ3n) is 1.90. The predicted octanol–water partition coefficient (Wildman–Crippen LogP) is 1.47. The second-order valence-corrected chi connectivity index (χ2v) is 2.92. The third kappa shape index (κ3) is 2.12. The lowest BCUT2D eigenvalue weighted by Gasteiger charge is -2.08. The molecule has 3 heteroatoms. The van der Waals surface area contributed by atoms with E-state index in [0.29, 0.717) is 6.61 Å². The Morgan fingerprint density at radius 1 is 1.38 bits per heavy atom. The number of methoxy groups -OCH3 is 1. The van der Waals surface area contributed by atoms with Gasteiger partial charge in [0.05, 0.1) is 13.7 Å². The van der Waals surface area contributed by atoms with E-state index in [-0.39, 0.29) is 6.10 Å². The Labute approximate surface area is 77.2 Å². The zero-order valence-corrected chi connectivity index (χ0v) is 7.53. The van der Waals surface area contributed by atoms with Crippen molar-refractivity contribution in [1.82, 2.24) is 0 Å². The average Bonchev–Trinajstić information content (AvgIpc) is 2.99. The Hall–Kier alpha value is -1.22. The summed E-state index contributed by atoms with van der Waals surface area (Å²) in [5.74, 6) is 1.55. The summed E-state index contributed by atoms with van der Waals surface area (Å²) >= 11 is 0. The largest absolute Gasteiger partial charge is 0.493 e. The first-order valence-electron chi connectivity index (χ1n) is 4.27. The van der Waals surface area contributed by atoms with Gasteiger partial charge < -0.3 is 14.2 Å². The summed E-state index contributed by atoms with van der Waals surface area (Å²) in [6, 6.07) is 7.61. The molecule has 0 spiro atoms. The second-order valence-electron chi connectivity index (χ2n) is 2.92. The highest BCUT2D eigenvalue weighted by atomic mass is 16.6. The summed E-state index contributed by atoms with van der Waals surface area (Å²) in [6.45, 7) is 1.43. The lowest BCUT2D eigenvalue weighted by Crippen LogP contribution is -2.04. The van der Waals surface area contributed by atoms with Gasteiger partial charge in [0.2, 0.25) is 0 Å². The topological polar surface area (TPSA) is 31.0 Å². The van der Waals surface area contributed by atoms with Crippen molar-refractivity contribution in [2.75, 3.05) is 20.3 Å². The molecule has 1 heterocycles. The minimum Gasteiger partial charge on any atom is -0.493 e. The first kappa shape index (κ1) is 8.38. The molecule has 13 heavy (non-hydrogen) atoms. The predicted molar refractivity (Wildman–Crippen MR) is 48.2 cm³/mol. The highest BCUT2D eigenvalue weighted by molar-refractivity contribution is 5.39. The van der Waals surface area contributed by atoms with E-state index in [0.717, 1.165) is 18.1 Å². The van der Waals surface area contributed by atoms with Crippen LogP contribution in [0.1, 0.15) is 0 Å². The molecule has 0 radical (unpaired) electrons. The Kier molecular flexibility index (Phi) is 2.36. The van der Waals surface area contributed by atoms with E-state index in [2.05, 4.69) is 0 Å². The summed E-state index contributed by atoms with van der Waals surface area (Å²) in [5.41, 5.74) is 0. The number of benzene rings is 1. The van der Waals surface area contributed by atoms with Crippen LogP contribution in [0.3, 0.4) is 0 Å². The van der Waals surface area contributed by atoms with E-state index in [1.807, 2.05) is 24.3 Å². The number of ether oxygens (including phenoxy) is 3. The van der Waals surface area contributed by atoms with E-state index >= 15 is 0 Å². The minimum atomic E-state index is 0.282. The summed E-state index contributed by atoms with van der Waals surface area (Å²) in [5, 5.41) is 0. The van der Waals surface area contributed by atoms with Gasteiger partial charge in [-0.2, -0.15) is 0 Å². The van der Waals surface area contributed by atoms with Crippen molar-refractivity contribution < 1.29 is 14.2 Å². The first-order chi connectivity index (χ1) is 6.40.